The standard InChI is InChI=1S/C23H23F3N2O4/c24-23(25,26)16-3-5-18-15(2-1-10-31-21(18)13-16)12-22(30)27-17-4-6-20-19(14-17)28(7-9-29)8-11-32-20/h3-6,12-14,29H,1-2,7-11H2,(H,27,30)/b15-12+. The van der Waals surface area contributed by atoms with Crippen LogP contribution < -0.4 is 19.7 Å². The van der Waals surface area contributed by atoms with Crippen LogP contribution in [0, 0.1) is 0 Å². The van der Waals surface area contributed by atoms with Gasteiger partial charge in [-0.1, -0.05) is 6.07 Å². The number of alkyl halides is 3. The van der Waals surface area contributed by atoms with E-state index >= 15 is 0 Å². The molecule has 0 spiro atoms. The van der Waals surface area contributed by atoms with Crippen molar-refractivity contribution in [3.05, 3.63) is 53.6 Å². The molecule has 2 aromatic carbocycles. The third kappa shape index (κ3) is 4.83. The van der Waals surface area contributed by atoms with E-state index in [1.807, 2.05) is 4.90 Å². The second kappa shape index (κ2) is 9.12. The maximum atomic E-state index is 13.0. The number of halogens is 3. The fourth-order valence-electron chi connectivity index (χ4n) is 3.85. The zero-order valence-corrected chi connectivity index (χ0v) is 17.2. The minimum absolute atomic E-state index is 0.000340. The first-order valence-corrected chi connectivity index (χ1v) is 10.3. The predicted molar refractivity (Wildman–Crippen MR) is 114 cm³/mol. The third-order valence-electron chi connectivity index (χ3n) is 5.36. The van der Waals surface area contributed by atoms with E-state index in [-0.39, 0.29) is 19.0 Å². The van der Waals surface area contributed by atoms with Crippen molar-refractivity contribution in [2.75, 3.05) is 43.1 Å². The molecule has 0 bridgehead atoms. The number of rotatable bonds is 4. The van der Waals surface area contributed by atoms with Crippen molar-refractivity contribution in [1.82, 2.24) is 0 Å². The van der Waals surface area contributed by atoms with Crippen LogP contribution in [0.25, 0.3) is 5.57 Å². The van der Waals surface area contributed by atoms with Crippen LogP contribution >= 0.6 is 0 Å². The van der Waals surface area contributed by atoms with Crippen molar-refractivity contribution in [1.29, 1.82) is 0 Å². The zero-order chi connectivity index (χ0) is 22.7. The van der Waals surface area contributed by atoms with Crippen molar-refractivity contribution in [3.8, 4) is 11.5 Å². The summed E-state index contributed by atoms with van der Waals surface area (Å²) in [6.07, 6.45) is -1.97. The molecule has 1 amide bonds. The first-order chi connectivity index (χ1) is 15.3. The number of β-amino-alcohol motifs (C(OH)–C–C–N with tert-alkyl or cyclic N) is 1. The number of amides is 1. The van der Waals surface area contributed by atoms with Crippen LogP contribution in [0.2, 0.25) is 0 Å². The Hall–Kier alpha value is -3.20. The summed E-state index contributed by atoms with van der Waals surface area (Å²) >= 11 is 0. The number of aliphatic hydroxyl groups excluding tert-OH is 1. The van der Waals surface area contributed by atoms with E-state index < -0.39 is 17.6 Å². The fourth-order valence-corrected chi connectivity index (χ4v) is 3.85. The molecule has 32 heavy (non-hydrogen) atoms. The molecule has 0 radical (unpaired) electrons. The molecule has 0 fully saturated rings. The molecule has 0 atom stereocenters. The second-order valence-electron chi connectivity index (χ2n) is 7.56. The molecular weight excluding hydrogens is 425 g/mol. The average Bonchev–Trinajstić information content (AvgIpc) is 2.95. The lowest BCUT2D eigenvalue weighted by Gasteiger charge is -2.31. The summed E-state index contributed by atoms with van der Waals surface area (Å²) < 4.78 is 50.3. The number of fused-ring (bicyclic) bond motifs is 2. The van der Waals surface area contributed by atoms with Crippen LogP contribution in [0.1, 0.15) is 24.0 Å². The van der Waals surface area contributed by atoms with Crippen LogP contribution in [0.3, 0.4) is 0 Å². The SMILES string of the molecule is O=C(/C=C1\CCCOc2cc(C(F)(F)F)ccc21)Nc1ccc2c(c1)N(CCO)CCO2. The molecule has 2 heterocycles. The van der Waals surface area contributed by atoms with Crippen molar-refractivity contribution in [2.45, 2.75) is 19.0 Å². The van der Waals surface area contributed by atoms with Gasteiger partial charge in [0.25, 0.3) is 0 Å². The number of hydrogen-bond donors (Lipinski definition) is 2. The molecule has 2 aromatic rings. The molecule has 170 valence electrons. The van der Waals surface area contributed by atoms with Gasteiger partial charge in [-0.05, 0) is 48.7 Å². The average molecular weight is 448 g/mol. The topological polar surface area (TPSA) is 71.0 Å². The number of allylic oxidation sites excluding steroid dienone is 1. The Bertz CT molecular complexity index is 1040. The van der Waals surface area contributed by atoms with Crippen LogP contribution in [-0.4, -0.2) is 43.9 Å². The normalized spacial score (nSPS) is 17.0. The zero-order valence-electron chi connectivity index (χ0n) is 17.2. The Labute approximate surface area is 183 Å². The van der Waals surface area contributed by atoms with Crippen LogP contribution in [0.15, 0.2) is 42.5 Å². The summed E-state index contributed by atoms with van der Waals surface area (Å²) in [5, 5.41) is 12.1. The maximum Gasteiger partial charge on any atom is 0.416 e. The van der Waals surface area contributed by atoms with E-state index in [1.165, 1.54) is 12.1 Å². The summed E-state index contributed by atoms with van der Waals surface area (Å²) in [7, 11) is 0. The number of carbonyl (C=O) groups is 1. The number of carbonyl (C=O) groups excluding carboxylic acids is 1. The number of nitrogens with one attached hydrogen (secondary N) is 1. The Balaban J connectivity index is 1.56. The molecule has 2 N–H and O–H groups in total. The van der Waals surface area contributed by atoms with Gasteiger partial charge in [0.1, 0.15) is 18.1 Å². The minimum atomic E-state index is -4.47. The molecule has 2 aliphatic rings. The molecule has 4 rings (SSSR count). The number of aliphatic hydroxyl groups is 1. The number of hydrogen-bond acceptors (Lipinski definition) is 5. The van der Waals surface area contributed by atoms with Gasteiger partial charge in [-0.3, -0.25) is 4.79 Å². The smallest absolute Gasteiger partial charge is 0.416 e. The number of benzene rings is 2. The van der Waals surface area contributed by atoms with Crippen molar-refractivity contribution < 1.29 is 32.5 Å². The molecule has 0 saturated heterocycles. The summed E-state index contributed by atoms with van der Waals surface area (Å²) in [5.41, 5.74) is 1.65. The fraction of sp³-hybridized carbons (Fsp3) is 0.348. The van der Waals surface area contributed by atoms with Gasteiger partial charge < -0.3 is 24.8 Å². The summed E-state index contributed by atoms with van der Waals surface area (Å²) in [6.45, 7) is 1.88. The molecule has 9 heteroatoms. The monoisotopic (exact) mass is 448 g/mol. The van der Waals surface area contributed by atoms with Gasteiger partial charge >= 0.3 is 6.18 Å². The second-order valence-corrected chi connectivity index (χ2v) is 7.56. The van der Waals surface area contributed by atoms with Crippen molar-refractivity contribution in [2.24, 2.45) is 0 Å². The van der Waals surface area contributed by atoms with Crippen LogP contribution in [-0.2, 0) is 11.0 Å². The molecule has 0 saturated carbocycles. The quantitative estimate of drug-likeness (QED) is 0.690. The van der Waals surface area contributed by atoms with E-state index in [1.54, 1.807) is 18.2 Å². The van der Waals surface area contributed by atoms with Crippen molar-refractivity contribution >= 4 is 22.9 Å². The van der Waals surface area contributed by atoms with E-state index in [4.69, 9.17) is 9.47 Å². The lowest BCUT2D eigenvalue weighted by Crippen LogP contribution is -2.34. The van der Waals surface area contributed by atoms with Gasteiger partial charge in [-0.2, -0.15) is 13.2 Å². The maximum absolute atomic E-state index is 13.0. The lowest BCUT2D eigenvalue weighted by atomic mass is 9.99. The lowest BCUT2D eigenvalue weighted by molar-refractivity contribution is -0.137. The molecular formula is C23H23F3N2O4. The van der Waals surface area contributed by atoms with Gasteiger partial charge in [-0.15, -0.1) is 0 Å². The molecule has 6 nitrogen and oxygen atoms in total. The Morgan fingerprint density at radius 1 is 1.12 bits per heavy atom. The highest BCUT2D eigenvalue weighted by atomic mass is 19.4. The van der Waals surface area contributed by atoms with Gasteiger partial charge in [0.2, 0.25) is 5.91 Å². The summed E-state index contributed by atoms with van der Waals surface area (Å²) in [4.78, 5) is 14.7. The van der Waals surface area contributed by atoms with Crippen LogP contribution in [0.5, 0.6) is 11.5 Å². The highest BCUT2D eigenvalue weighted by Gasteiger charge is 2.32. The Kier molecular flexibility index (Phi) is 6.27. The number of nitrogens with zero attached hydrogens (tertiary/aromatic N) is 1. The molecule has 0 aliphatic carbocycles. The molecule has 2 aliphatic heterocycles. The summed E-state index contributed by atoms with van der Waals surface area (Å²) in [6, 6.07) is 8.59. The Morgan fingerprint density at radius 2 is 1.94 bits per heavy atom. The van der Waals surface area contributed by atoms with E-state index in [0.717, 1.165) is 17.8 Å². The first-order valence-electron chi connectivity index (χ1n) is 10.3. The van der Waals surface area contributed by atoms with Crippen LogP contribution in [0.4, 0.5) is 24.5 Å². The van der Waals surface area contributed by atoms with Gasteiger partial charge in [0, 0.05) is 23.9 Å². The van der Waals surface area contributed by atoms with E-state index in [0.29, 0.717) is 55.1 Å². The van der Waals surface area contributed by atoms with E-state index in [9.17, 15) is 23.1 Å². The highest BCUT2D eigenvalue weighted by molar-refractivity contribution is 6.04. The van der Waals surface area contributed by atoms with Gasteiger partial charge in [-0.25, -0.2) is 0 Å². The number of ether oxygens (including phenoxy) is 2. The highest BCUT2D eigenvalue weighted by Crippen LogP contribution is 2.38. The molecule has 0 unspecified atom stereocenters. The number of anilines is 2. The van der Waals surface area contributed by atoms with Gasteiger partial charge in [0.05, 0.1) is 31.0 Å². The molecule has 0 aromatic heterocycles. The first kappa shape index (κ1) is 22.0. The minimum Gasteiger partial charge on any atom is -0.493 e. The van der Waals surface area contributed by atoms with Crippen molar-refractivity contribution in [3.63, 3.8) is 0 Å². The Morgan fingerprint density at radius 3 is 2.72 bits per heavy atom. The third-order valence-corrected chi connectivity index (χ3v) is 5.36. The van der Waals surface area contributed by atoms with Gasteiger partial charge in [0.15, 0.2) is 0 Å². The largest absolute Gasteiger partial charge is 0.493 e. The summed E-state index contributed by atoms with van der Waals surface area (Å²) in [5.74, 6) is 0.413. The van der Waals surface area contributed by atoms with E-state index in [2.05, 4.69) is 5.32 Å². The predicted octanol–water partition coefficient (Wildman–Crippen LogP) is 4.09.